The Morgan fingerprint density at radius 1 is 1.12 bits per heavy atom. The van der Waals surface area contributed by atoms with Crippen LogP contribution in [-0.4, -0.2) is 25.7 Å². The molecule has 1 atom stereocenters. The number of anilines is 1. The van der Waals surface area contributed by atoms with Crippen molar-refractivity contribution in [1.29, 1.82) is 0 Å². The van der Waals surface area contributed by atoms with Gasteiger partial charge in [0.05, 0.1) is 5.92 Å². The molecular weight excluding hydrogens is 326 g/mol. The summed E-state index contributed by atoms with van der Waals surface area (Å²) >= 11 is 0. The Kier molecular flexibility index (Phi) is 4.03. The lowest BCUT2D eigenvalue weighted by Gasteiger charge is -2.25. The molecule has 0 radical (unpaired) electrons. The van der Waals surface area contributed by atoms with Gasteiger partial charge in [-0.2, -0.15) is 4.68 Å². The second-order valence-corrected chi connectivity index (χ2v) is 6.92. The number of amides is 1. The minimum absolute atomic E-state index is 0.00783. The van der Waals surface area contributed by atoms with Crippen molar-refractivity contribution in [1.82, 2.24) is 19.7 Å². The third-order valence-electron chi connectivity index (χ3n) is 4.57. The van der Waals surface area contributed by atoms with Gasteiger partial charge >= 0.3 is 0 Å². The molecular formula is C20H21N5O. The normalized spacial score (nSPS) is 16.5. The Balaban J connectivity index is 1.90. The van der Waals surface area contributed by atoms with Gasteiger partial charge in [-0.3, -0.25) is 4.79 Å². The molecule has 26 heavy (non-hydrogen) atoms. The van der Waals surface area contributed by atoms with Gasteiger partial charge in [-0.15, -0.1) is 5.10 Å². The van der Waals surface area contributed by atoms with Crippen molar-refractivity contribution < 1.29 is 4.79 Å². The van der Waals surface area contributed by atoms with Crippen LogP contribution in [0.3, 0.4) is 0 Å². The number of hydrogen-bond acceptors (Lipinski definition) is 4. The molecule has 3 heterocycles. The predicted octanol–water partition coefficient (Wildman–Crippen LogP) is 3.57. The summed E-state index contributed by atoms with van der Waals surface area (Å²) in [6.45, 7) is 6.08. The first-order valence-electron chi connectivity index (χ1n) is 8.82. The van der Waals surface area contributed by atoms with E-state index in [1.54, 1.807) is 4.68 Å². The minimum Gasteiger partial charge on any atom is -0.326 e. The summed E-state index contributed by atoms with van der Waals surface area (Å²) < 4.78 is 1.79. The van der Waals surface area contributed by atoms with Crippen molar-refractivity contribution in [2.45, 2.75) is 39.0 Å². The molecule has 0 bridgehead atoms. The Morgan fingerprint density at radius 3 is 2.69 bits per heavy atom. The second kappa shape index (κ2) is 6.37. The van der Waals surface area contributed by atoms with Crippen molar-refractivity contribution in [2.24, 2.45) is 0 Å². The van der Waals surface area contributed by atoms with Crippen LogP contribution in [-0.2, 0) is 4.79 Å². The largest absolute Gasteiger partial charge is 0.326 e. The smallest absolute Gasteiger partial charge is 0.225 e. The standard InChI is InChI=1S/C20H21N5O/c1-12(2)19-23-20(25(24-19)17-10-6-7-13(3)21-17)15-11-18(26)22-16-9-5-4-8-14(15)16/h4-10,12,15H,11H2,1-3H3,(H,22,26). The first-order valence-corrected chi connectivity index (χ1v) is 8.82. The molecule has 1 aromatic carbocycles. The zero-order valence-electron chi connectivity index (χ0n) is 15.1. The van der Waals surface area contributed by atoms with Gasteiger partial charge in [0.15, 0.2) is 11.6 Å². The third-order valence-corrected chi connectivity index (χ3v) is 4.57. The van der Waals surface area contributed by atoms with Gasteiger partial charge in [0.1, 0.15) is 5.82 Å². The van der Waals surface area contributed by atoms with Crippen LogP contribution < -0.4 is 5.32 Å². The lowest BCUT2D eigenvalue weighted by atomic mass is 9.90. The van der Waals surface area contributed by atoms with Crippen LogP contribution in [0.25, 0.3) is 5.82 Å². The number of para-hydroxylation sites is 1. The third kappa shape index (κ3) is 2.87. The van der Waals surface area contributed by atoms with Crippen LogP contribution in [0.4, 0.5) is 5.69 Å². The van der Waals surface area contributed by atoms with Crippen LogP contribution in [0.2, 0.25) is 0 Å². The summed E-state index contributed by atoms with van der Waals surface area (Å²) in [6, 6.07) is 13.7. The molecule has 6 nitrogen and oxygen atoms in total. The summed E-state index contributed by atoms with van der Waals surface area (Å²) in [7, 11) is 0. The molecule has 1 aliphatic heterocycles. The molecule has 0 saturated carbocycles. The van der Waals surface area contributed by atoms with Crippen molar-refractivity contribution >= 4 is 11.6 Å². The van der Waals surface area contributed by atoms with E-state index in [1.165, 1.54) is 0 Å². The summed E-state index contributed by atoms with van der Waals surface area (Å²) in [5, 5.41) is 7.65. The number of carbonyl (C=O) groups is 1. The highest BCUT2D eigenvalue weighted by Crippen LogP contribution is 2.37. The van der Waals surface area contributed by atoms with Gasteiger partial charge in [0.25, 0.3) is 0 Å². The number of aryl methyl sites for hydroxylation is 1. The van der Waals surface area contributed by atoms with Gasteiger partial charge < -0.3 is 5.32 Å². The fourth-order valence-electron chi connectivity index (χ4n) is 3.27. The summed E-state index contributed by atoms with van der Waals surface area (Å²) in [5.74, 6) is 2.27. The van der Waals surface area contributed by atoms with Crippen LogP contribution in [0.15, 0.2) is 42.5 Å². The van der Waals surface area contributed by atoms with E-state index in [2.05, 4.69) is 24.1 Å². The Labute approximate surface area is 152 Å². The van der Waals surface area contributed by atoms with Gasteiger partial charge in [-0.25, -0.2) is 9.97 Å². The lowest BCUT2D eigenvalue weighted by molar-refractivity contribution is -0.116. The number of fused-ring (bicyclic) bond motifs is 1. The molecule has 1 N–H and O–H groups in total. The molecule has 132 valence electrons. The quantitative estimate of drug-likeness (QED) is 0.786. The van der Waals surface area contributed by atoms with E-state index in [-0.39, 0.29) is 17.7 Å². The molecule has 4 rings (SSSR count). The molecule has 0 aliphatic carbocycles. The average molecular weight is 347 g/mol. The molecule has 0 fully saturated rings. The maximum absolute atomic E-state index is 12.3. The SMILES string of the molecule is Cc1cccc(-n2nc(C(C)C)nc2C2CC(=O)Nc3ccccc32)n1. The lowest BCUT2D eigenvalue weighted by Crippen LogP contribution is -2.25. The fourth-order valence-corrected chi connectivity index (χ4v) is 3.27. The monoisotopic (exact) mass is 347 g/mol. The van der Waals surface area contributed by atoms with Gasteiger partial charge in [-0.05, 0) is 30.7 Å². The maximum atomic E-state index is 12.3. The average Bonchev–Trinajstić information content (AvgIpc) is 3.06. The molecule has 1 aliphatic rings. The number of hydrogen-bond donors (Lipinski definition) is 1. The topological polar surface area (TPSA) is 72.7 Å². The van der Waals surface area contributed by atoms with Crippen molar-refractivity contribution in [3.05, 3.63) is 65.4 Å². The van der Waals surface area contributed by atoms with E-state index in [0.717, 1.165) is 34.4 Å². The van der Waals surface area contributed by atoms with Crippen LogP contribution in [0, 0.1) is 6.92 Å². The van der Waals surface area contributed by atoms with Crippen molar-refractivity contribution in [2.75, 3.05) is 5.32 Å². The van der Waals surface area contributed by atoms with Crippen molar-refractivity contribution in [3.8, 4) is 5.82 Å². The summed E-state index contributed by atoms with van der Waals surface area (Å²) in [4.78, 5) is 21.7. The number of benzene rings is 1. The number of carbonyl (C=O) groups excluding carboxylic acids is 1. The Morgan fingerprint density at radius 2 is 1.92 bits per heavy atom. The first kappa shape index (κ1) is 16.4. The number of nitrogens with one attached hydrogen (secondary N) is 1. The number of rotatable bonds is 3. The van der Waals surface area contributed by atoms with Crippen LogP contribution in [0.5, 0.6) is 0 Å². The van der Waals surface area contributed by atoms with E-state index in [9.17, 15) is 4.79 Å². The Bertz CT molecular complexity index is 976. The summed E-state index contributed by atoms with van der Waals surface area (Å²) in [6.07, 6.45) is 0.346. The molecule has 1 unspecified atom stereocenters. The van der Waals surface area contributed by atoms with E-state index in [1.807, 2.05) is 49.4 Å². The van der Waals surface area contributed by atoms with Crippen molar-refractivity contribution in [3.63, 3.8) is 0 Å². The molecule has 0 spiro atoms. The molecule has 0 saturated heterocycles. The van der Waals surface area contributed by atoms with E-state index in [4.69, 9.17) is 10.1 Å². The van der Waals surface area contributed by atoms with Gasteiger partial charge in [0.2, 0.25) is 5.91 Å². The summed E-state index contributed by atoms with van der Waals surface area (Å²) in [5.41, 5.74) is 2.81. The first-order chi connectivity index (χ1) is 12.5. The molecule has 3 aromatic rings. The number of aromatic nitrogens is 4. The molecule has 2 aromatic heterocycles. The Hall–Kier alpha value is -3.02. The van der Waals surface area contributed by atoms with Crippen LogP contribution >= 0.6 is 0 Å². The highest BCUT2D eigenvalue weighted by molar-refractivity contribution is 5.95. The predicted molar refractivity (Wildman–Crippen MR) is 99.5 cm³/mol. The second-order valence-electron chi connectivity index (χ2n) is 6.92. The maximum Gasteiger partial charge on any atom is 0.225 e. The van der Waals surface area contributed by atoms with Gasteiger partial charge in [-0.1, -0.05) is 38.1 Å². The highest BCUT2D eigenvalue weighted by Gasteiger charge is 2.31. The fraction of sp³-hybridized carbons (Fsp3) is 0.300. The number of nitrogens with zero attached hydrogens (tertiary/aromatic N) is 4. The van der Waals surface area contributed by atoms with E-state index >= 15 is 0 Å². The minimum atomic E-state index is -0.151. The molecule has 6 heteroatoms. The zero-order valence-corrected chi connectivity index (χ0v) is 15.1. The van der Waals surface area contributed by atoms with Crippen LogP contribution in [0.1, 0.15) is 55.0 Å². The van der Waals surface area contributed by atoms with E-state index in [0.29, 0.717) is 6.42 Å². The molecule has 1 amide bonds. The zero-order chi connectivity index (χ0) is 18.3. The highest BCUT2D eigenvalue weighted by atomic mass is 16.1. The number of pyridine rings is 1. The van der Waals surface area contributed by atoms with Gasteiger partial charge in [0, 0.05) is 23.7 Å². The van der Waals surface area contributed by atoms with E-state index < -0.39 is 0 Å².